The molecule has 0 unspecified atom stereocenters. The molecule has 0 amide bonds. The van der Waals surface area contributed by atoms with Crippen LogP contribution in [0.5, 0.6) is 0 Å². The zero-order valence-electron chi connectivity index (χ0n) is 15.3. The Kier molecular flexibility index (Phi) is 4.70. The largest absolute Gasteiger partial charge is 0.391 e. The van der Waals surface area contributed by atoms with Gasteiger partial charge in [0.05, 0.1) is 18.2 Å². The van der Waals surface area contributed by atoms with E-state index < -0.39 is 0 Å². The minimum absolute atomic E-state index is 0.219. The lowest BCUT2D eigenvalue weighted by atomic mass is 9.94. The lowest BCUT2D eigenvalue weighted by molar-refractivity contribution is 0.140. The fourth-order valence-corrected chi connectivity index (χ4v) is 3.90. The number of pyridine rings is 1. The van der Waals surface area contributed by atoms with Crippen LogP contribution in [0.4, 0.5) is 0 Å². The van der Waals surface area contributed by atoms with Crippen molar-refractivity contribution in [3.8, 4) is 0 Å². The SMILES string of the molecule is CC(C)n1cnnc1CN1C[C@@H](Cc2ccnc3ccccc23)[C@H](O)C1. The summed E-state index contributed by atoms with van der Waals surface area (Å²) in [5.41, 5.74) is 2.27. The van der Waals surface area contributed by atoms with Crippen LogP contribution in [0, 0.1) is 5.92 Å². The van der Waals surface area contributed by atoms with E-state index in [2.05, 4.69) is 50.6 Å². The molecule has 0 bridgehead atoms. The number of aliphatic hydroxyl groups is 1. The summed E-state index contributed by atoms with van der Waals surface area (Å²) >= 11 is 0. The Labute approximate surface area is 153 Å². The van der Waals surface area contributed by atoms with Crippen molar-refractivity contribution in [3.63, 3.8) is 0 Å². The summed E-state index contributed by atoms with van der Waals surface area (Å²) in [6, 6.07) is 10.6. The molecular formula is C20H25N5O. The van der Waals surface area contributed by atoms with Crippen molar-refractivity contribution in [3.05, 3.63) is 54.2 Å². The predicted molar refractivity (Wildman–Crippen MR) is 101 cm³/mol. The molecule has 2 aromatic heterocycles. The topological polar surface area (TPSA) is 67.1 Å². The van der Waals surface area contributed by atoms with Crippen LogP contribution in [0.1, 0.15) is 31.3 Å². The molecule has 26 heavy (non-hydrogen) atoms. The van der Waals surface area contributed by atoms with Crippen LogP contribution in [0.25, 0.3) is 10.9 Å². The van der Waals surface area contributed by atoms with Crippen LogP contribution in [-0.2, 0) is 13.0 Å². The van der Waals surface area contributed by atoms with Gasteiger partial charge in [0.25, 0.3) is 0 Å². The van der Waals surface area contributed by atoms with Gasteiger partial charge in [0.2, 0.25) is 0 Å². The molecule has 0 aliphatic carbocycles. The Bertz CT molecular complexity index is 885. The van der Waals surface area contributed by atoms with E-state index in [1.807, 2.05) is 24.4 Å². The van der Waals surface area contributed by atoms with Crippen LogP contribution < -0.4 is 0 Å². The molecule has 6 heteroatoms. The highest BCUT2D eigenvalue weighted by Gasteiger charge is 2.32. The lowest BCUT2D eigenvalue weighted by Gasteiger charge is -2.17. The van der Waals surface area contributed by atoms with Crippen LogP contribution in [0.3, 0.4) is 0 Å². The number of likely N-dealkylation sites (tertiary alicyclic amines) is 1. The van der Waals surface area contributed by atoms with Gasteiger partial charge in [-0.05, 0) is 38.0 Å². The Hall–Kier alpha value is -2.31. The van der Waals surface area contributed by atoms with E-state index in [0.29, 0.717) is 12.6 Å². The lowest BCUT2D eigenvalue weighted by Crippen LogP contribution is -2.24. The number of aromatic nitrogens is 4. The number of para-hydroxylation sites is 1. The zero-order chi connectivity index (χ0) is 18.1. The summed E-state index contributed by atoms with van der Waals surface area (Å²) in [6.45, 7) is 6.52. The van der Waals surface area contributed by atoms with Crippen LogP contribution in [0.15, 0.2) is 42.9 Å². The van der Waals surface area contributed by atoms with E-state index in [-0.39, 0.29) is 12.0 Å². The first-order valence-corrected chi connectivity index (χ1v) is 9.23. The minimum atomic E-state index is -0.322. The maximum atomic E-state index is 10.6. The quantitative estimate of drug-likeness (QED) is 0.765. The second-order valence-corrected chi connectivity index (χ2v) is 7.46. The summed E-state index contributed by atoms with van der Waals surface area (Å²) in [6.07, 6.45) is 4.18. The fourth-order valence-electron chi connectivity index (χ4n) is 3.90. The molecule has 1 aliphatic heterocycles. The Balaban J connectivity index is 1.48. The van der Waals surface area contributed by atoms with Gasteiger partial charge in [0.15, 0.2) is 0 Å². The molecule has 1 fully saturated rings. The second kappa shape index (κ2) is 7.13. The summed E-state index contributed by atoms with van der Waals surface area (Å²) < 4.78 is 2.09. The van der Waals surface area contributed by atoms with Gasteiger partial charge in [-0.25, -0.2) is 0 Å². The van der Waals surface area contributed by atoms with Crippen molar-refractivity contribution < 1.29 is 5.11 Å². The highest BCUT2D eigenvalue weighted by molar-refractivity contribution is 5.81. The summed E-state index contributed by atoms with van der Waals surface area (Å²) in [5.74, 6) is 1.18. The number of rotatable bonds is 5. The second-order valence-electron chi connectivity index (χ2n) is 7.46. The summed E-state index contributed by atoms with van der Waals surface area (Å²) in [5, 5.41) is 20.1. The number of fused-ring (bicyclic) bond motifs is 1. The highest BCUT2D eigenvalue weighted by atomic mass is 16.3. The van der Waals surface area contributed by atoms with Crippen molar-refractivity contribution in [2.24, 2.45) is 5.92 Å². The Morgan fingerprint density at radius 3 is 2.88 bits per heavy atom. The third kappa shape index (κ3) is 3.34. The number of benzene rings is 1. The van der Waals surface area contributed by atoms with E-state index in [9.17, 15) is 5.11 Å². The molecule has 4 rings (SSSR count). The molecule has 0 spiro atoms. The molecule has 1 N–H and O–H groups in total. The van der Waals surface area contributed by atoms with E-state index in [4.69, 9.17) is 0 Å². The maximum absolute atomic E-state index is 10.6. The molecule has 3 heterocycles. The van der Waals surface area contributed by atoms with Crippen LogP contribution in [0.2, 0.25) is 0 Å². The van der Waals surface area contributed by atoms with Gasteiger partial charge in [-0.1, -0.05) is 18.2 Å². The van der Waals surface area contributed by atoms with Crippen LogP contribution >= 0.6 is 0 Å². The third-order valence-electron chi connectivity index (χ3n) is 5.27. The molecule has 3 aromatic rings. The van der Waals surface area contributed by atoms with Crippen molar-refractivity contribution in [2.45, 2.75) is 39.0 Å². The van der Waals surface area contributed by atoms with Gasteiger partial charge in [-0.2, -0.15) is 0 Å². The molecule has 0 saturated carbocycles. The maximum Gasteiger partial charge on any atom is 0.147 e. The molecule has 2 atom stereocenters. The molecular weight excluding hydrogens is 326 g/mol. The fraction of sp³-hybridized carbons (Fsp3) is 0.450. The van der Waals surface area contributed by atoms with E-state index >= 15 is 0 Å². The van der Waals surface area contributed by atoms with E-state index in [1.165, 1.54) is 10.9 Å². The average molecular weight is 351 g/mol. The summed E-state index contributed by atoms with van der Waals surface area (Å²) in [7, 11) is 0. The van der Waals surface area contributed by atoms with Crippen LogP contribution in [-0.4, -0.2) is 48.9 Å². The Morgan fingerprint density at radius 2 is 2.04 bits per heavy atom. The number of hydrogen-bond donors (Lipinski definition) is 1. The smallest absolute Gasteiger partial charge is 0.147 e. The minimum Gasteiger partial charge on any atom is -0.391 e. The van der Waals surface area contributed by atoms with Gasteiger partial charge in [0.1, 0.15) is 12.2 Å². The first-order valence-electron chi connectivity index (χ1n) is 9.23. The Morgan fingerprint density at radius 1 is 1.19 bits per heavy atom. The van der Waals surface area contributed by atoms with Gasteiger partial charge < -0.3 is 9.67 Å². The van der Waals surface area contributed by atoms with Crippen molar-refractivity contribution in [1.82, 2.24) is 24.6 Å². The van der Waals surface area contributed by atoms with Gasteiger partial charge in [-0.15, -0.1) is 10.2 Å². The number of aliphatic hydroxyl groups excluding tert-OH is 1. The molecule has 1 aliphatic rings. The third-order valence-corrected chi connectivity index (χ3v) is 5.27. The molecule has 1 aromatic carbocycles. The van der Waals surface area contributed by atoms with Crippen molar-refractivity contribution in [1.29, 1.82) is 0 Å². The predicted octanol–water partition coefficient (Wildman–Crippen LogP) is 2.44. The van der Waals surface area contributed by atoms with Gasteiger partial charge in [0, 0.05) is 36.6 Å². The number of nitrogens with zero attached hydrogens (tertiary/aromatic N) is 5. The molecule has 1 saturated heterocycles. The zero-order valence-corrected chi connectivity index (χ0v) is 15.3. The van der Waals surface area contributed by atoms with Crippen molar-refractivity contribution >= 4 is 10.9 Å². The first kappa shape index (κ1) is 17.1. The van der Waals surface area contributed by atoms with Gasteiger partial charge >= 0.3 is 0 Å². The standard InChI is InChI=1S/C20H25N5O/c1-14(2)25-13-22-23-20(25)12-24-10-16(19(26)11-24)9-15-7-8-21-18-6-4-3-5-17(15)18/h3-8,13-14,16,19,26H,9-12H2,1-2H3/t16-,19-/m1/s1. The number of hydrogen-bond acceptors (Lipinski definition) is 5. The monoisotopic (exact) mass is 351 g/mol. The molecule has 0 radical (unpaired) electrons. The summed E-state index contributed by atoms with van der Waals surface area (Å²) in [4.78, 5) is 6.71. The highest BCUT2D eigenvalue weighted by Crippen LogP contribution is 2.26. The number of β-amino-alcohol motifs (C(OH)–C–C–N with tert-alkyl or cyclic N) is 1. The molecule has 136 valence electrons. The van der Waals surface area contributed by atoms with E-state index in [1.54, 1.807) is 6.33 Å². The molecule has 6 nitrogen and oxygen atoms in total. The van der Waals surface area contributed by atoms with E-state index in [0.717, 1.165) is 30.9 Å². The first-order chi connectivity index (χ1) is 12.6. The average Bonchev–Trinajstić information content (AvgIpc) is 3.22. The van der Waals surface area contributed by atoms with Gasteiger partial charge in [-0.3, -0.25) is 9.88 Å². The normalized spacial score (nSPS) is 21.1. The van der Waals surface area contributed by atoms with Crippen molar-refractivity contribution in [2.75, 3.05) is 13.1 Å².